The molecule has 0 fully saturated rings. The second kappa shape index (κ2) is 5.08. The van der Waals surface area contributed by atoms with E-state index < -0.39 is 5.60 Å². The number of allylic oxidation sites excluding steroid dienone is 2. The summed E-state index contributed by atoms with van der Waals surface area (Å²) in [4.78, 5) is 0. The quantitative estimate of drug-likeness (QED) is 0.540. The van der Waals surface area contributed by atoms with Crippen molar-refractivity contribution in [3.8, 4) is 11.8 Å². The van der Waals surface area contributed by atoms with Gasteiger partial charge in [0.15, 0.2) is 5.60 Å². The molecule has 0 aliphatic heterocycles. The molecule has 1 atom stereocenters. The van der Waals surface area contributed by atoms with E-state index in [0.717, 1.165) is 24.0 Å². The Morgan fingerprint density at radius 2 is 2.18 bits per heavy atom. The molecule has 0 spiro atoms. The highest BCUT2D eigenvalue weighted by molar-refractivity contribution is 5.40. The fourth-order valence-electron chi connectivity index (χ4n) is 2.16. The van der Waals surface area contributed by atoms with Crippen LogP contribution in [0.1, 0.15) is 40.5 Å². The van der Waals surface area contributed by atoms with Gasteiger partial charge >= 0.3 is 0 Å². The molecule has 0 saturated heterocycles. The van der Waals surface area contributed by atoms with E-state index in [2.05, 4.69) is 17.9 Å². The van der Waals surface area contributed by atoms with Crippen LogP contribution >= 0.6 is 0 Å². The summed E-state index contributed by atoms with van der Waals surface area (Å²) in [6.07, 6.45) is 5.63. The van der Waals surface area contributed by atoms with Crippen molar-refractivity contribution in [2.24, 2.45) is 5.41 Å². The normalized spacial score (nSPS) is 28.1. The topological polar surface area (TPSA) is 40.5 Å². The van der Waals surface area contributed by atoms with Crippen LogP contribution in [0, 0.1) is 17.3 Å². The standard InChI is InChI=1S/C15H22O2/c1-12(8-11-16)7-10-15(17)13(2)6-5-9-14(15,3)4/h6,8,16-17H,5,9,11H2,1-4H3. The summed E-state index contributed by atoms with van der Waals surface area (Å²) in [6.45, 7) is 7.84. The fourth-order valence-corrected chi connectivity index (χ4v) is 2.16. The molecule has 1 aliphatic rings. The minimum absolute atomic E-state index is 0.0167. The van der Waals surface area contributed by atoms with Crippen LogP contribution in [0.4, 0.5) is 0 Å². The second-order valence-corrected chi connectivity index (χ2v) is 5.34. The first-order valence-corrected chi connectivity index (χ1v) is 6.04. The van der Waals surface area contributed by atoms with E-state index in [1.807, 2.05) is 27.7 Å². The van der Waals surface area contributed by atoms with Crippen molar-refractivity contribution in [2.75, 3.05) is 6.61 Å². The average molecular weight is 234 g/mol. The van der Waals surface area contributed by atoms with Gasteiger partial charge in [-0.1, -0.05) is 31.8 Å². The zero-order chi connectivity index (χ0) is 13.1. The van der Waals surface area contributed by atoms with Gasteiger partial charge in [0.25, 0.3) is 0 Å². The summed E-state index contributed by atoms with van der Waals surface area (Å²) in [5.41, 5.74) is 0.418. The smallest absolute Gasteiger partial charge is 0.152 e. The molecular weight excluding hydrogens is 212 g/mol. The van der Waals surface area contributed by atoms with Gasteiger partial charge in [0.05, 0.1) is 6.61 Å². The third-order valence-electron chi connectivity index (χ3n) is 3.61. The molecule has 2 N–H and O–H groups in total. The highest BCUT2D eigenvalue weighted by atomic mass is 16.3. The Hall–Kier alpha value is -1.04. The van der Waals surface area contributed by atoms with Crippen molar-refractivity contribution < 1.29 is 10.2 Å². The lowest BCUT2D eigenvalue weighted by Crippen LogP contribution is -2.46. The van der Waals surface area contributed by atoms with Crippen LogP contribution in [-0.4, -0.2) is 22.4 Å². The molecule has 1 unspecified atom stereocenters. The summed E-state index contributed by atoms with van der Waals surface area (Å²) in [7, 11) is 0. The van der Waals surface area contributed by atoms with Crippen LogP contribution < -0.4 is 0 Å². The largest absolute Gasteiger partial charge is 0.392 e. The average Bonchev–Trinajstić information content (AvgIpc) is 2.24. The molecule has 2 nitrogen and oxygen atoms in total. The van der Waals surface area contributed by atoms with Gasteiger partial charge in [-0.25, -0.2) is 0 Å². The molecular formula is C15H22O2. The summed E-state index contributed by atoms with van der Waals surface area (Å²) >= 11 is 0. The van der Waals surface area contributed by atoms with Crippen LogP contribution in [-0.2, 0) is 0 Å². The Morgan fingerprint density at radius 3 is 2.71 bits per heavy atom. The van der Waals surface area contributed by atoms with Gasteiger partial charge in [-0.3, -0.25) is 0 Å². The van der Waals surface area contributed by atoms with E-state index in [1.54, 1.807) is 6.08 Å². The summed E-state index contributed by atoms with van der Waals surface area (Å²) in [5, 5.41) is 19.5. The van der Waals surface area contributed by atoms with E-state index in [1.165, 1.54) is 0 Å². The lowest BCUT2D eigenvalue weighted by molar-refractivity contribution is 0.00491. The van der Waals surface area contributed by atoms with E-state index in [9.17, 15) is 5.11 Å². The van der Waals surface area contributed by atoms with Crippen molar-refractivity contribution in [2.45, 2.75) is 46.1 Å². The van der Waals surface area contributed by atoms with E-state index in [4.69, 9.17) is 5.11 Å². The Kier molecular flexibility index (Phi) is 4.19. The number of rotatable bonds is 1. The number of hydrogen-bond donors (Lipinski definition) is 2. The summed E-state index contributed by atoms with van der Waals surface area (Å²) in [6, 6.07) is 0. The molecule has 0 aromatic rings. The molecule has 0 radical (unpaired) electrons. The van der Waals surface area contributed by atoms with Gasteiger partial charge < -0.3 is 10.2 Å². The highest BCUT2D eigenvalue weighted by Crippen LogP contribution is 2.43. The maximum Gasteiger partial charge on any atom is 0.152 e. The van der Waals surface area contributed by atoms with Gasteiger partial charge in [-0.15, -0.1) is 0 Å². The predicted octanol–water partition coefficient (Wildman–Crippen LogP) is 2.43. The Labute approximate surface area is 104 Å². The minimum atomic E-state index is -1.06. The lowest BCUT2D eigenvalue weighted by Gasteiger charge is -2.42. The van der Waals surface area contributed by atoms with Crippen molar-refractivity contribution in [1.82, 2.24) is 0 Å². The van der Waals surface area contributed by atoms with E-state index in [-0.39, 0.29) is 12.0 Å². The first kappa shape index (κ1) is 14.0. The third-order valence-corrected chi connectivity index (χ3v) is 3.61. The maximum absolute atomic E-state index is 10.8. The second-order valence-electron chi connectivity index (χ2n) is 5.34. The molecule has 0 aromatic carbocycles. The van der Waals surface area contributed by atoms with Gasteiger partial charge in [0.1, 0.15) is 0 Å². The predicted molar refractivity (Wildman–Crippen MR) is 70.3 cm³/mol. The monoisotopic (exact) mass is 234 g/mol. The maximum atomic E-state index is 10.8. The third kappa shape index (κ3) is 2.80. The van der Waals surface area contributed by atoms with Crippen molar-refractivity contribution >= 4 is 0 Å². The SMILES string of the molecule is CC(C#CC1(O)C(C)=CCCC1(C)C)=CCO. The Bertz CT molecular complexity index is 404. The number of aliphatic hydroxyl groups is 2. The van der Waals surface area contributed by atoms with Crippen LogP contribution in [0.5, 0.6) is 0 Å². The molecule has 0 aromatic heterocycles. The zero-order valence-electron chi connectivity index (χ0n) is 11.2. The fraction of sp³-hybridized carbons (Fsp3) is 0.600. The Morgan fingerprint density at radius 1 is 1.53 bits per heavy atom. The van der Waals surface area contributed by atoms with Gasteiger partial charge in [-0.2, -0.15) is 0 Å². The van der Waals surface area contributed by atoms with Crippen LogP contribution in [0.15, 0.2) is 23.3 Å². The molecule has 0 saturated carbocycles. The van der Waals surface area contributed by atoms with Crippen molar-refractivity contribution in [1.29, 1.82) is 0 Å². The molecule has 1 aliphatic carbocycles. The lowest BCUT2D eigenvalue weighted by atomic mass is 9.65. The van der Waals surface area contributed by atoms with Crippen LogP contribution in [0.25, 0.3) is 0 Å². The van der Waals surface area contributed by atoms with Crippen LogP contribution in [0.3, 0.4) is 0 Å². The van der Waals surface area contributed by atoms with Crippen molar-refractivity contribution in [3.63, 3.8) is 0 Å². The minimum Gasteiger partial charge on any atom is -0.392 e. The number of hydrogen-bond acceptors (Lipinski definition) is 2. The van der Waals surface area contributed by atoms with Gasteiger partial charge in [0.2, 0.25) is 0 Å². The van der Waals surface area contributed by atoms with E-state index in [0.29, 0.717) is 0 Å². The first-order chi connectivity index (χ1) is 7.83. The molecule has 0 bridgehead atoms. The van der Waals surface area contributed by atoms with Gasteiger partial charge in [-0.05, 0) is 43.9 Å². The Balaban J connectivity index is 3.11. The van der Waals surface area contributed by atoms with Gasteiger partial charge in [0, 0.05) is 5.41 Å². The highest BCUT2D eigenvalue weighted by Gasteiger charge is 2.45. The molecule has 17 heavy (non-hydrogen) atoms. The van der Waals surface area contributed by atoms with E-state index >= 15 is 0 Å². The van der Waals surface area contributed by atoms with Crippen molar-refractivity contribution in [3.05, 3.63) is 23.3 Å². The molecule has 0 amide bonds. The summed E-state index contributed by atoms with van der Waals surface area (Å²) in [5.74, 6) is 5.92. The molecule has 0 heterocycles. The molecule has 1 rings (SSSR count). The summed E-state index contributed by atoms with van der Waals surface area (Å²) < 4.78 is 0. The molecule has 2 heteroatoms. The van der Waals surface area contributed by atoms with Crippen LogP contribution in [0.2, 0.25) is 0 Å². The molecule has 94 valence electrons. The first-order valence-electron chi connectivity index (χ1n) is 6.04. The number of aliphatic hydroxyl groups excluding tert-OH is 1. The zero-order valence-corrected chi connectivity index (χ0v) is 11.2.